The number of benzene rings is 1. The molecule has 124 valence electrons. The molecule has 1 aromatic carbocycles. The zero-order valence-electron chi connectivity index (χ0n) is 12.7. The Kier molecular flexibility index (Phi) is 4.11. The lowest BCUT2D eigenvalue weighted by molar-refractivity contribution is -0.268. The number of para-hydroxylation sites is 1. The molecule has 23 heavy (non-hydrogen) atoms. The second-order valence-electron chi connectivity index (χ2n) is 5.68. The largest absolute Gasteiger partial charge is 0.458 e. The van der Waals surface area contributed by atoms with Crippen molar-refractivity contribution in [3.63, 3.8) is 0 Å². The van der Waals surface area contributed by atoms with Gasteiger partial charge in [-0.2, -0.15) is 0 Å². The topological polar surface area (TPSA) is 109 Å². The summed E-state index contributed by atoms with van der Waals surface area (Å²) in [5, 5.41) is 30.2. The van der Waals surface area contributed by atoms with Gasteiger partial charge in [0.25, 0.3) is 0 Å². The average molecular weight is 322 g/mol. The maximum absolute atomic E-state index is 11.6. The zero-order valence-corrected chi connectivity index (χ0v) is 12.7. The quantitative estimate of drug-likeness (QED) is 0.683. The first kappa shape index (κ1) is 15.9. The number of hydrogen-bond donors (Lipinski definition) is 3. The van der Waals surface area contributed by atoms with Crippen molar-refractivity contribution in [2.24, 2.45) is 0 Å². The summed E-state index contributed by atoms with van der Waals surface area (Å²) in [5.41, 5.74) is 0.456. The molecule has 7 nitrogen and oxygen atoms in total. The summed E-state index contributed by atoms with van der Waals surface area (Å²) in [4.78, 5) is 11.6. The van der Waals surface area contributed by atoms with Gasteiger partial charge in [0.05, 0.1) is 6.10 Å². The van der Waals surface area contributed by atoms with Crippen LogP contribution in [0.15, 0.2) is 33.5 Å². The van der Waals surface area contributed by atoms with E-state index in [1.54, 1.807) is 32.0 Å². The molecule has 3 rings (SSSR count). The fourth-order valence-corrected chi connectivity index (χ4v) is 2.64. The molecular weight excluding hydrogens is 304 g/mol. The highest BCUT2D eigenvalue weighted by Gasteiger charge is 2.43. The molecule has 2 heterocycles. The van der Waals surface area contributed by atoms with E-state index in [1.165, 1.54) is 6.07 Å². The Bertz CT molecular complexity index is 769. The van der Waals surface area contributed by atoms with Crippen molar-refractivity contribution in [3.05, 3.63) is 40.2 Å². The molecule has 1 aliphatic rings. The Morgan fingerprint density at radius 1 is 1.13 bits per heavy atom. The van der Waals surface area contributed by atoms with E-state index < -0.39 is 36.3 Å². The summed E-state index contributed by atoms with van der Waals surface area (Å²) in [5.74, 6) is 0.211. The molecule has 0 spiro atoms. The van der Waals surface area contributed by atoms with Crippen LogP contribution < -0.4 is 10.4 Å². The molecule has 1 fully saturated rings. The molecule has 3 N–H and O–H groups in total. The van der Waals surface area contributed by atoms with Crippen molar-refractivity contribution in [3.8, 4) is 5.75 Å². The van der Waals surface area contributed by atoms with Crippen LogP contribution in [-0.2, 0) is 4.74 Å². The van der Waals surface area contributed by atoms with E-state index in [0.717, 1.165) is 5.56 Å². The lowest BCUT2D eigenvalue weighted by Gasteiger charge is -2.38. The molecule has 0 bridgehead atoms. The second-order valence-corrected chi connectivity index (χ2v) is 5.68. The Morgan fingerprint density at radius 3 is 2.61 bits per heavy atom. The minimum Gasteiger partial charge on any atom is -0.458 e. The zero-order chi connectivity index (χ0) is 16.7. The van der Waals surface area contributed by atoms with E-state index in [1.807, 2.05) is 0 Å². The molecule has 1 aromatic heterocycles. The van der Waals surface area contributed by atoms with Crippen LogP contribution >= 0.6 is 0 Å². The van der Waals surface area contributed by atoms with Gasteiger partial charge in [0, 0.05) is 11.5 Å². The van der Waals surface area contributed by atoms with E-state index in [2.05, 4.69) is 0 Å². The maximum Gasteiger partial charge on any atom is 0.336 e. The van der Waals surface area contributed by atoms with Crippen molar-refractivity contribution in [1.82, 2.24) is 0 Å². The summed E-state index contributed by atoms with van der Waals surface area (Å²) < 4.78 is 16.2. The highest BCUT2D eigenvalue weighted by atomic mass is 16.7. The average Bonchev–Trinajstić information content (AvgIpc) is 2.51. The maximum atomic E-state index is 11.6. The molecule has 7 heteroatoms. The minimum absolute atomic E-state index is 0.211. The molecule has 1 saturated heterocycles. The van der Waals surface area contributed by atoms with Gasteiger partial charge in [-0.25, -0.2) is 4.79 Å². The van der Waals surface area contributed by atoms with Gasteiger partial charge in [-0.05, 0) is 25.5 Å². The van der Waals surface area contributed by atoms with Gasteiger partial charge in [-0.3, -0.25) is 0 Å². The normalized spacial score (nSPS) is 31.3. The van der Waals surface area contributed by atoms with Gasteiger partial charge in [-0.1, -0.05) is 12.1 Å². The van der Waals surface area contributed by atoms with Crippen LogP contribution in [0.25, 0.3) is 11.0 Å². The number of rotatable bonds is 2. The lowest BCUT2D eigenvalue weighted by atomic mass is 10.00. The van der Waals surface area contributed by atoms with Crippen LogP contribution in [0, 0.1) is 6.92 Å². The highest BCUT2D eigenvalue weighted by molar-refractivity contribution is 5.85. The third-order valence-electron chi connectivity index (χ3n) is 3.99. The predicted octanol–water partition coefficient (Wildman–Crippen LogP) is 0.308. The van der Waals surface area contributed by atoms with Crippen LogP contribution in [-0.4, -0.2) is 46.0 Å². The van der Waals surface area contributed by atoms with Gasteiger partial charge in [0.1, 0.15) is 18.3 Å². The standard InChI is InChI=1S/C16H18O7/c1-7-6-11(17)23-15-9(7)4-3-5-10(15)22-16-14(20)13(19)12(18)8(2)21-16/h3-6,8,12-14,16,18-20H,1-2H3. The van der Waals surface area contributed by atoms with Crippen LogP contribution in [0.3, 0.4) is 0 Å². The number of hydrogen-bond acceptors (Lipinski definition) is 7. The van der Waals surface area contributed by atoms with Crippen LogP contribution in [0.2, 0.25) is 0 Å². The molecule has 0 radical (unpaired) electrons. The van der Waals surface area contributed by atoms with E-state index >= 15 is 0 Å². The van der Waals surface area contributed by atoms with Gasteiger partial charge in [0.15, 0.2) is 11.3 Å². The molecular formula is C16H18O7. The first-order valence-electron chi connectivity index (χ1n) is 7.28. The van der Waals surface area contributed by atoms with E-state index in [0.29, 0.717) is 5.39 Å². The molecule has 5 atom stereocenters. The summed E-state index contributed by atoms with van der Waals surface area (Å²) in [6.45, 7) is 3.33. The number of aliphatic hydroxyl groups is 3. The first-order valence-corrected chi connectivity index (χ1v) is 7.28. The van der Waals surface area contributed by atoms with Crippen LogP contribution in [0.1, 0.15) is 12.5 Å². The van der Waals surface area contributed by atoms with Crippen molar-refractivity contribution >= 4 is 11.0 Å². The Balaban J connectivity index is 1.97. The Labute approximate surface area is 131 Å². The van der Waals surface area contributed by atoms with Gasteiger partial charge in [0.2, 0.25) is 6.29 Å². The lowest BCUT2D eigenvalue weighted by Crippen LogP contribution is -2.58. The minimum atomic E-state index is -1.44. The molecule has 5 unspecified atom stereocenters. The van der Waals surface area contributed by atoms with Crippen molar-refractivity contribution in [2.75, 3.05) is 0 Å². The number of aliphatic hydroxyl groups excluding tert-OH is 3. The summed E-state index contributed by atoms with van der Waals surface area (Å²) in [6.07, 6.45) is -5.96. The van der Waals surface area contributed by atoms with Crippen molar-refractivity contribution in [2.45, 2.75) is 44.6 Å². The van der Waals surface area contributed by atoms with Gasteiger partial charge >= 0.3 is 5.63 Å². The van der Waals surface area contributed by atoms with Gasteiger partial charge in [-0.15, -0.1) is 0 Å². The molecule has 2 aromatic rings. The molecule has 1 aliphatic heterocycles. The third-order valence-corrected chi connectivity index (χ3v) is 3.99. The predicted molar refractivity (Wildman–Crippen MR) is 80.2 cm³/mol. The van der Waals surface area contributed by atoms with Crippen LogP contribution in [0.5, 0.6) is 5.75 Å². The fraction of sp³-hybridized carbons (Fsp3) is 0.438. The SMILES string of the molecule is Cc1cc(=O)oc2c(OC3OC(C)C(O)C(O)C3O)cccc12. The number of fused-ring (bicyclic) bond motifs is 1. The van der Waals surface area contributed by atoms with E-state index in [4.69, 9.17) is 13.9 Å². The summed E-state index contributed by atoms with van der Waals surface area (Å²) in [6, 6.07) is 6.44. The van der Waals surface area contributed by atoms with E-state index in [-0.39, 0.29) is 11.3 Å². The smallest absolute Gasteiger partial charge is 0.336 e. The van der Waals surface area contributed by atoms with Crippen LogP contribution in [0.4, 0.5) is 0 Å². The van der Waals surface area contributed by atoms with Gasteiger partial charge < -0.3 is 29.2 Å². The second kappa shape index (κ2) is 5.93. The van der Waals surface area contributed by atoms with Crippen molar-refractivity contribution in [1.29, 1.82) is 0 Å². The van der Waals surface area contributed by atoms with Crippen molar-refractivity contribution < 1.29 is 29.2 Å². The fourth-order valence-electron chi connectivity index (χ4n) is 2.64. The summed E-state index contributed by atoms with van der Waals surface area (Å²) >= 11 is 0. The number of ether oxygens (including phenoxy) is 2. The molecule has 0 amide bonds. The third kappa shape index (κ3) is 2.84. The monoisotopic (exact) mass is 322 g/mol. The molecule has 0 saturated carbocycles. The first-order chi connectivity index (χ1) is 10.9. The Morgan fingerprint density at radius 2 is 1.87 bits per heavy atom. The van der Waals surface area contributed by atoms with E-state index in [9.17, 15) is 20.1 Å². The molecule has 0 aliphatic carbocycles. The Hall–Kier alpha value is -1.93. The number of aryl methyl sites for hydroxylation is 1. The summed E-state index contributed by atoms with van der Waals surface area (Å²) in [7, 11) is 0. The highest BCUT2D eigenvalue weighted by Crippen LogP contribution is 2.30.